The smallest absolute Gasteiger partial charge is 0.236 e. The fraction of sp³-hybridized carbons (Fsp3) is 0.875. The van der Waals surface area contributed by atoms with Gasteiger partial charge in [-0.2, -0.15) is 0 Å². The Kier molecular flexibility index (Phi) is 4.86. The molecule has 0 fully saturated rings. The molecular weight excluding hydrogens is 140 g/mol. The fourth-order valence-corrected chi connectivity index (χ4v) is 0.580. The highest BCUT2D eigenvalue weighted by Gasteiger charge is 2.07. The van der Waals surface area contributed by atoms with Gasteiger partial charge in [0.15, 0.2) is 0 Å². The molecule has 3 nitrogen and oxygen atoms in total. The predicted octanol–water partition coefficient (Wildman–Crippen LogP) is 0.496. The predicted molar refractivity (Wildman–Crippen MR) is 46.1 cm³/mol. The fourth-order valence-electron chi connectivity index (χ4n) is 0.580. The zero-order valence-corrected chi connectivity index (χ0v) is 7.55. The number of hydrogen-bond acceptors (Lipinski definition) is 2. The molecule has 0 aliphatic carbocycles. The molecule has 1 unspecified atom stereocenters. The van der Waals surface area contributed by atoms with Crippen molar-refractivity contribution in [3.05, 3.63) is 0 Å². The summed E-state index contributed by atoms with van der Waals surface area (Å²) in [5.74, 6) is 0.475. The lowest BCUT2D eigenvalue weighted by molar-refractivity contribution is -0.122. The molecule has 0 heterocycles. The first kappa shape index (κ1) is 10.4. The summed E-state index contributed by atoms with van der Waals surface area (Å²) in [4.78, 5) is 10.9. The zero-order chi connectivity index (χ0) is 8.85. The third-order valence-corrected chi connectivity index (χ3v) is 1.74. The van der Waals surface area contributed by atoms with Gasteiger partial charge < -0.3 is 11.1 Å². The average molecular weight is 158 g/mol. The second-order valence-corrected chi connectivity index (χ2v) is 3.05. The van der Waals surface area contributed by atoms with E-state index in [-0.39, 0.29) is 11.9 Å². The highest BCUT2D eigenvalue weighted by atomic mass is 16.2. The van der Waals surface area contributed by atoms with E-state index in [2.05, 4.69) is 19.2 Å². The maximum atomic E-state index is 10.9. The first-order chi connectivity index (χ1) is 5.07. The highest BCUT2D eigenvalue weighted by molar-refractivity contribution is 5.80. The summed E-state index contributed by atoms with van der Waals surface area (Å²) in [5.41, 5.74) is 5.35. The van der Waals surface area contributed by atoms with Gasteiger partial charge in [-0.15, -0.1) is 0 Å². The minimum absolute atomic E-state index is 0.0645. The number of nitrogens with one attached hydrogen (secondary N) is 1. The third kappa shape index (κ3) is 4.79. The molecule has 0 aromatic carbocycles. The lowest BCUT2D eigenvalue weighted by Gasteiger charge is -2.11. The standard InChI is InChI=1S/C8H18N2O/c1-4-6(2)5-10-8(11)7(3)9/h6-7H,4-5,9H2,1-3H3,(H,10,11)/t6?,7-/m0/s1. The van der Waals surface area contributed by atoms with Gasteiger partial charge in [-0.1, -0.05) is 20.3 Å². The summed E-state index contributed by atoms with van der Waals surface area (Å²) in [6, 6.07) is -0.390. The minimum Gasteiger partial charge on any atom is -0.354 e. The van der Waals surface area contributed by atoms with Crippen molar-refractivity contribution in [2.75, 3.05) is 6.54 Å². The Morgan fingerprint density at radius 3 is 2.45 bits per heavy atom. The van der Waals surface area contributed by atoms with Gasteiger partial charge >= 0.3 is 0 Å². The van der Waals surface area contributed by atoms with Gasteiger partial charge in [0.05, 0.1) is 6.04 Å². The van der Waals surface area contributed by atoms with Crippen molar-refractivity contribution in [3.63, 3.8) is 0 Å². The van der Waals surface area contributed by atoms with Gasteiger partial charge in [0.25, 0.3) is 0 Å². The quantitative estimate of drug-likeness (QED) is 0.626. The van der Waals surface area contributed by atoms with Crippen LogP contribution in [0.2, 0.25) is 0 Å². The van der Waals surface area contributed by atoms with Gasteiger partial charge in [0.2, 0.25) is 5.91 Å². The summed E-state index contributed by atoms with van der Waals surface area (Å²) in [6.07, 6.45) is 1.08. The molecule has 0 saturated heterocycles. The number of hydrogen-bond donors (Lipinski definition) is 2. The first-order valence-electron chi connectivity index (χ1n) is 4.11. The van der Waals surface area contributed by atoms with Crippen LogP contribution in [-0.2, 0) is 4.79 Å². The normalized spacial score (nSPS) is 15.6. The van der Waals surface area contributed by atoms with Crippen molar-refractivity contribution in [1.29, 1.82) is 0 Å². The molecule has 0 saturated carbocycles. The van der Waals surface area contributed by atoms with Crippen LogP contribution in [0.1, 0.15) is 27.2 Å². The maximum absolute atomic E-state index is 10.9. The SMILES string of the molecule is CCC(C)CNC(=O)[C@H](C)N. The van der Waals surface area contributed by atoms with Crippen LogP contribution in [0.3, 0.4) is 0 Å². The van der Waals surface area contributed by atoms with Crippen LogP contribution < -0.4 is 11.1 Å². The molecule has 0 radical (unpaired) electrons. The lowest BCUT2D eigenvalue weighted by atomic mass is 10.1. The summed E-state index contributed by atoms with van der Waals surface area (Å²) >= 11 is 0. The van der Waals surface area contributed by atoms with E-state index in [1.807, 2.05) is 0 Å². The van der Waals surface area contributed by atoms with Crippen LogP contribution in [0.5, 0.6) is 0 Å². The third-order valence-electron chi connectivity index (χ3n) is 1.74. The van der Waals surface area contributed by atoms with E-state index >= 15 is 0 Å². The molecular formula is C8H18N2O. The van der Waals surface area contributed by atoms with E-state index in [9.17, 15) is 4.79 Å². The first-order valence-corrected chi connectivity index (χ1v) is 4.11. The molecule has 11 heavy (non-hydrogen) atoms. The number of carbonyl (C=O) groups excluding carboxylic acids is 1. The summed E-state index contributed by atoms with van der Waals surface area (Å²) in [6.45, 7) is 6.62. The van der Waals surface area contributed by atoms with Crippen LogP contribution >= 0.6 is 0 Å². The Bertz CT molecular complexity index is 123. The van der Waals surface area contributed by atoms with E-state index in [0.717, 1.165) is 13.0 Å². The molecule has 3 heteroatoms. The van der Waals surface area contributed by atoms with Crippen molar-refractivity contribution in [2.45, 2.75) is 33.2 Å². The molecule has 0 aliphatic heterocycles. The van der Waals surface area contributed by atoms with Gasteiger partial charge in [-0.05, 0) is 12.8 Å². The van der Waals surface area contributed by atoms with E-state index in [1.165, 1.54) is 0 Å². The lowest BCUT2D eigenvalue weighted by Crippen LogP contribution is -2.40. The summed E-state index contributed by atoms with van der Waals surface area (Å²) in [7, 11) is 0. The molecule has 0 aliphatic rings. The molecule has 0 rings (SSSR count). The Morgan fingerprint density at radius 2 is 2.09 bits per heavy atom. The molecule has 3 N–H and O–H groups in total. The van der Waals surface area contributed by atoms with Crippen molar-refractivity contribution in [2.24, 2.45) is 11.7 Å². The number of carbonyl (C=O) groups is 1. The van der Waals surface area contributed by atoms with Crippen LogP contribution in [-0.4, -0.2) is 18.5 Å². The Hall–Kier alpha value is -0.570. The minimum atomic E-state index is -0.390. The maximum Gasteiger partial charge on any atom is 0.236 e. The summed E-state index contributed by atoms with van der Waals surface area (Å²) < 4.78 is 0. The van der Waals surface area contributed by atoms with Crippen LogP contribution in [0.15, 0.2) is 0 Å². The number of nitrogens with two attached hydrogens (primary N) is 1. The Morgan fingerprint density at radius 1 is 1.55 bits per heavy atom. The molecule has 0 aromatic heterocycles. The van der Waals surface area contributed by atoms with E-state index in [4.69, 9.17) is 5.73 Å². The largest absolute Gasteiger partial charge is 0.354 e. The van der Waals surface area contributed by atoms with Crippen molar-refractivity contribution in [1.82, 2.24) is 5.32 Å². The molecule has 0 bridgehead atoms. The van der Waals surface area contributed by atoms with E-state index in [1.54, 1.807) is 6.92 Å². The number of amides is 1. The Labute approximate surface area is 68.3 Å². The second kappa shape index (κ2) is 5.13. The van der Waals surface area contributed by atoms with Crippen molar-refractivity contribution in [3.8, 4) is 0 Å². The van der Waals surface area contributed by atoms with Crippen LogP contribution in [0.4, 0.5) is 0 Å². The number of rotatable bonds is 4. The molecule has 1 amide bonds. The second-order valence-electron chi connectivity index (χ2n) is 3.05. The van der Waals surface area contributed by atoms with Crippen LogP contribution in [0.25, 0.3) is 0 Å². The Balaban J connectivity index is 3.46. The average Bonchev–Trinajstić information content (AvgIpc) is 1.99. The van der Waals surface area contributed by atoms with Crippen molar-refractivity contribution >= 4 is 5.91 Å². The van der Waals surface area contributed by atoms with Gasteiger partial charge in [-0.3, -0.25) is 4.79 Å². The monoisotopic (exact) mass is 158 g/mol. The van der Waals surface area contributed by atoms with E-state index < -0.39 is 0 Å². The van der Waals surface area contributed by atoms with E-state index in [0.29, 0.717) is 5.92 Å². The van der Waals surface area contributed by atoms with Crippen molar-refractivity contribution < 1.29 is 4.79 Å². The molecule has 2 atom stereocenters. The van der Waals surface area contributed by atoms with Crippen LogP contribution in [0, 0.1) is 5.92 Å². The molecule has 0 aromatic rings. The van der Waals surface area contributed by atoms with Gasteiger partial charge in [0.1, 0.15) is 0 Å². The van der Waals surface area contributed by atoms with Gasteiger partial charge in [0, 0.05) is 6.54 Å². The summed E-state index contributed by atoms with van der Waals surface area (Å²) in [5, 5.41) is 2.77. The zero-order valence-electron chi connectivity index (χ0n) is 7.55. The highest BCUT2D eigenvalue weighted by Crippen LogP contribution is 1.96. The topological polar surface area (TPSA) is 55.1 Å². The van der Waals surface area contributed by atoms with Gasteiger partial charge in [-0.25, -0.2) is 0 Å². The molecule has 0 spiro atoms. The molecule has 66 valence electrons.